The lowest BCUT2D eigenvalue weighted by atomic mass is 10.2. The van der Waals surface area contributed by atoms with Crippen LogP contribution in [0.15, 0.2) is 54.2 Å². The van der Waals surface area contributed by atoms with E-state index in [0.717, 1.165) is 51.4 Å². The highest BCUT2D eigenvalue weighted by Crippen LogP contribution is 2.15. The topological polar surface area (TPSA) is 72.1 Å². The predicted octanol–water partition coefficient (Wildman–Crippen LogP) is 2.27. The molecule has 0 atom stereocenters. The van der Waals surface area contributed by atoms with Gasteiger partial charge in [0.05, 0.1) is 0 Å². The molecule has 0 bridgehead atoms. The molecule has 0 spiro atoms. The Balaban J connectivity index is 1.30. The number of guanidine groups is 1. The Labute approximate surface area is 154 Å². The van der Waals surface area contributed by atoms with Gasteiger partial charge in [0.2, 0.25) is 0 Å². The van der Waals surface area contributed by atoms with E-state index in [1.165, 1.54) is 10.9 Å². The maximum absolute atomic E-state index is 4.28. The van der Waals surface area contributed by atoms with Gasteiger partial charge in [0.1, 0.15) is 12.7 Å². The summed E-state index contributed by atoms with van der Waals surface area (Å²) in [6.45, 7) is 3.75. The van der Waals surface area contributed by atoms with Gasteiger partial charge in [-0.25, -0.2) is 0 Å². The first-order chi connectivity index (χ1) is 12.9. The van der Waals surface area contributed by atoms with Crippen LogP contribution in [0.2, 0.25) is 0 Å². The molecule has 26 heavy (non-hydrogen) atoms. The first-order valence-corrected chi connectivity index (χ1v) is 9.17. The smallest absolute Gasteiger partial charge is 0.190 e. The molecule has 0 saturated carbocycles. The van der Waals surface area contributed by atoms with E-state index in [0.29, 0.717) is 0 Å². The fraction of sp³-hybridized carbons (Fsp3) is 0.421. The van der Waals surface area contributed by atoms with Gasteiger partial charge in [-0.2, -0.15) is 0 Å². The molecule has 1 aromatic carbocycles. The molecule has 0 radical (unpaired) electrons. The summed E-state index contributed by atoms with van der Waals surface area (Å²) in [5.74, 6) is 0.867. The van der Waals surface area contributed by atoms with Gasteiger partial charge in [-0.15, -0.1) is 10.2 Å². The summed E-state index contributed by atoms with van der Waals surface area (Å²) < 4.78 is 4.30. The van der Waals surface area contributed by atoms with Gasteiger partial charge in [-0.05, 0) is 36.8 Å². The number of nitrogens with zero attached hydrogens (tertiary/aromatic N) is 5. The molecule has 0 amide bonds. The second-order valence-corrected chi connectivity index (χ2v) is 6.25. The summed E-state index contributed by atoms with van der Waals surface area (Å²) in [4.78, 5) is 4.28. The molecule has 138 valence electrons. The van der Waals surface area contributed by atoms with Crippen LogP contribution in [-0.2, 0) is 13.1 Å². The zero-order chi connectivity index (χ0) is 18.0. The first-order valence-electron chi connectivity index (χ1n) is 9.17. The normalized spacial score (nSPS) is 11.8. The zero-order valence-corrected chi connectivity index (χ0v) is 15.3. The van der Waals surface area contributed by atoms with Crippen molar-refractivity contribution in [2.24, 2.45) is 4.99 Å². The van der Waals surface area contributed by atoms with E-state index in [9.17, 15) is 0 Å². The minimum absolute atomic E-state index is 0.867. The number of hydrogen-bond donors (Lipinski definition) is 2. The molecule has 3 aromatic rings. The van der Waals surface area contributed by atoms with Crippen LogP contribution in [0, 0.1) is 0 Å². The van der Waals surface area contributed by atoms with E-state index in [-0.39, 0.29) is 0 Å². The molecule has 0 aliphatic carbocycles. The van der Waals surface area contributed by atoms with Crippen molar-refractivity contribution in [1.82, 2.24) is 30.0 Å². The lowest BCUT2D eigenvalue weighted by Gasteiger charge is -2.12. The molecule has 7 heteroatoms. The number of aromatic nitrogens is 4. The van der Waals surface area contributed by atoms with Gasteiger partial charge >= 0.3 is 0 Å². The molecule has 0 fully saturated rings. The molecular weight excluding hydrogens is 326 g/mol. The second-order valence-electron chi connectivity index (χ2n) is 6.25. The number of nitrogens with one attached hydrogen (secondary N) is 2. The number of aliphatic imine (C=N–C) groups is 1. The number of rotatable bonds is 9. The van der Waals surface area contributed by atoms with Crippen LogP contribution in [-0.4, -0.2) is 45.4 Å². The third-order valence-electron chi connectivity index (χ3n) is 4.37. The van der Waals surface area contributed by atoms with Crippen molar-refractivity contribution in [2.75, 3.05) is 20.1 Å². The first kappa shape index (κ1) is 18.0. The summed E-state index contributed by atoms with van der Waals surface area (Å²) in [6.07, 6.45) is 8.88. The maximum atomic E-state index is 4.28. The Hall–Kier alpha value is -2.83. The Morgan fingerprint density at radius 1 is 0.962 bits per heavy atom. The van der Waals surface area contributed by atoms with Gasteiger partial charge in [-0.3, -0.25) is 4.99 Å². The molecule has 7 nitrogen and oxygen atoms in total. The minimum Gasteiger partial charge on any atom is -0.356 e. The van der Waals surface area contributed by atoms with E-state index in [1.807, 2.05) is 11.6 Å². The monoisotopic (exact) mass is 353 g/mol. The average molecular weight is 353 g/mol. The van der Waals surface area contributed by atoms with Gasteiger partial charge in [0.15, 0.2) is 5.96 Å². The van der Waals surface area contributed by atoms with Crippen molar-refractivity contribution in [2.45, 2.75) is 32.4 Å². The molecular formula is C19H27N7. The van der Waals surface area contributed by atoms with Crippen LogP contribution in [0.4, 0.5) is 0 Å². The van der Waals surface area contributed by atoms with Crippen LogP contribution in [0.5, 0.6) is 0 Å². The van der Waals surface area contributed by atoms with Gasteiger partial charge in [0.25, 0.3) is 0 Å². The molecule has 3 rings (SSSR count). The highest BCUT2D eigenvalue weighted by Gasteiger charge is 2.01. The summed E-state index contributed by atoms with van der Waals surface area (Å²) in [6, 6.07) is 10.7. The van der Waals surface area contributed by atoms with Crippen molar-refractivity contribution in [3.05, 3.63) is 49.2 Å². The van der Waals surface area contributed by atoms with Crippen LogP contribution in [0.1, 0.15) is 19.3 Å². The molecule has 0 aliphatic rings. The molecule has 0 saturated heterocycles. The number of fused-ring (bicyclic) bond motifs is 1. The fourth-order valence-corrected chi connectivity index (χ4v) is 2.98. The van der Waals surface area contributed by atoms with Crippen molar-refractivity contribution in [3.8, 4) is 0 Å². The average Bonchev–Trinajstić information content (AvgIpc) is 3.33. The molecule has 2 aromatic heterocycles. The third-order valence-corrected chi connectivity index (χ3v) is 4.37. The van der Waals surface area contributed by atoms with Crippen LogP contribution < -0.4 is 10.6 Å². The highest BCUT2D eigenvalue weighted by molar-refractivity contribution is 5.80. The number of aryl methyl sites for hydroxylation is 2. The number of hydrogen-bond acceptors (Lipinski definition) is 3. The van der Waals surface area contributed by atoms with E-state index in [1.54, 1.807) is 12.7 Å². The minimum atomic E-state index is 0.867. The largest absolute Gasteiger partial charge is 0.356 e. The van der Waals surface area contributed by atoms with E-state index < -0.39 is 0 Å². The summed E-state index contributed by atoms with van der Waals surface area (Å²) in [7, 11) is 1.81. The molecule has 0 unspecified atom stereocenters. The fourth-order valence-electron chi connectivity index (χ4n) is 2.98. The second kappa shape index (κ2) is 9.60. The summed E-state index contributed by atoms with van der Waals surface area (Å²) in [5, 5.41) is 15.7. The molecule has 2 N–H and O–H groups in total. The predicted molar refractivity (Wildman–Crippen MR) is 105 cm³/mol. The summed E-state index contributed by atoms with van der Waals surface area (Å²) >= 11 is 0. The van der Waals surface area contributed by atoms with Crippen LogP contribution >= 0.6 is 0 Å². The number of unbranched alkanes of at least 4 members (excludes halogenated alkanes) is 1. The number of benzene rings is 1. The number of para-hydroxylation sites is 1. The van der Waals surface area contributed by atoms with E-state index >= 15 is 0 Å². The van der Waals surface area contributed by atoms with Gasteiger partial charge in [0, 0.05) is 44.9 Å². The van der Waals surface area contributed by atoms with Crippen LogP contribution in [0.3, 0.4) is 0 Å². The van der Waals surface area contributed by atoms with Crippen molar-refractivity contribution >= 4 is 16.9 Å². The molecule has 0 aliphatic heterocycles. The maximum Gasteiger partial charge on any atom is 0.190 e. The quantitative estimate of drug-likeness (QED) is 0.352. The van der Waals surface area contributed by atoms with Crippen molar-refractivity contribution in [1.29, 1.82) is 0 Å². The van der Waals surface area contributed by atoms with E-state index in [4.69, 9.17) is 0 Å². The highest BCUT2D eigenvalue weighted by atomic mass is 15.2. The Morgan fingerprint density at radius 3 is 2.54 bits per heavy atom. The lowest BCUT2D eigenvalue weighted by molar-refractivity contribution is 0.594. The van der Waals surface area contributed by atoms with Gasteiger partial charge in [-0.1, -0.05) is 18.2 Å². The molecule has 2 heterocycles. The Kier molecular flexibility index (Phi) is 6.64. The Morgan fingerprint density at radius 2 is 1.73 bits per heavy atom. The van der Waals surface area contributed by atoms with Crippen molar-refractivity contribution < 1.29 is 0 Å². The summed E-state index contributed by atoms with van der Waals surface area (Å²) in [5.41, 5.74) is 1.29. The zero-order valence-electron chi connectivity index (χ0n) is 15.3. The van der Waals surface area contributed by atoms with Gasteiger partial charge < -0.3 is 19.8 Å². The third kappa shape index (κ3) is 5.08. The SMILES string of the molecule is CN=C(NCCCCn1cnnc1)NCCCn1ccc2ccccc21. The van der Waals surface area contributed by atoms with E-state index in [2.05, 4.69) is 66.9 Å². The van der Waals surface area contributed by atoms with Crippen molar-refractivity contribution in [3.63, 3.8) is 0 Å². The Bertz CT molecular complexity index is 804. The van der Waals surface area contributed by atoms with Crippen LogP contribution in [0.25, 0.3) is 10.9 Å². The lowest BCUT2D eigenvalue weighted by Crippen LogP contribution is -2.38. The standard InChI is InChI=1S/C19H27N7/c1-20-19(21-10-4-5-12-25-15-23-24-16-25)22-11-6-13-26-14-9-17-7-2-3-8-18(17)26/h2-3,7-9,14-16H,4-6,10-13H2,1H3,(H2,20,21,22).